The van der Waals surface area contributed by atoms with Crippen LogP contribution >= 0.6 is 0 Å². The number of hydrogen-bond donors (Lipinski definition) is 2. The number of ether oxygens (including phenoxy) is 2. The van der Waals surface area contributed by atoms with E-state index >= 15 is 0 Å². The first-order chi connectivity index (χ1) is 7.70. The van der Waals surface area contributed by atoms with Crippen LogP contribution in [0, 0.1) is 0 Å². The first-order valence-electron chi connectivity index (χ1n) is 5.00. The number of hydrogen-bond acceptors (Lipinski definition) is 5. The highest BCUT2D eigenvalue weighted by atomic mass is 16.5. The molecule has 1 aromatic carbocycles. The minimum Gasteiger partial charge on any atom is -0.491 e. The summed E-state index contributed by atoms with van der Waals surface area (Å²) in [5.74, 6) is 0.215. The second-order valence-electron chi connectivity index (χ2n) is 3.50. The van der Waals surface area contributed by atoms with E-state index < -0.39 is 12.2 Å². The number of fused-ring (bicyclic) bond motifs is 1. The molecule has 0 aromatic heterocycles. The standard InChI is InChI=1S/C11H13NO4/c1-15-11(14)7-2-3-9-8(6-7)12-10(13)4-5-16-9/h2-3,6,10,12-13H,4-5H2,1H3. The van der Waals surface area contributed by atoms with Gasteiger partial charge in [-0.2, -0.15) is 0 Å². The molecular weight excluding hydrogens is 210 g/mol. The molecule has 1 aliphatic heterocycles. The number of esters is 1. The molecule has 2 rings (SSSR count). The van der Waals surface area contributed by atoms with Gasteiger partial charge in [-0.3, -0.25) is 0 Å². The summed E-state index contributed by atoms with van der Waals surface area (Å²) in [5.41, 5.74) is 1.03. The zero-order chi connectivity index (χ0) is 11.5. The van der Waals surface area contributed by atoms with Crippen molar-refractivity contribution in [2.45, 2.75) is 12.6 Å². The van der Waals surface area contributed by atoms with Crippen LogP contribution in [-0.4, -0.2) is 31.0 Å². The monoisotopic (exact) mass is 223 g/mol. The van der Waals surface area contributed by atoms with Crippen LogP contribution in [-0.2, 0) is 4.74 Å². The highest BCUT2D eigenvalue weighted by Crippen LogP contribution is 2.29. The molecule has 1 aromatic rings. The van der Waals surface area contributed by atoms with E-state index in [0.29, 0.717) is 30.0 Å². The van der Waals surface area contributed by atoms with Gasteiger partial charge in [-0.05, 0) is 18.2 Å². The summed E-state index contributed by atoms with van der Waals surface area (Å²) in [7, 11) is 1.33. The van der Waals surface area contributed by atoms with Crippen molar-refractivity contribution in [3.63, 3.8) is 0 Å². The lowest BCUT2D eigenvalue weighted by Crippen LogP contribution is -2.18. The second-order valence-corrected chi connectivity index (χ2v) is 3.50. The summed E-state index contributed by atoms with van der Waals surface area (Å²) in [6, 6.07) is 4.92. The fraction of sp³-hybridized carbons (Fsp3) is 0.364. The molecule has 0 fully saturated rings. The Labute approximate surface area is 93.0 Å². The Hall–Kier alpha value is -1.75. The Bertz CT molecular complexity index is 405. The van der Waals surface area contributed by atoms with Crippen LogP contribution < -0.4 is 10.1 Å². The third-order valence-corrected chi connectivity index (χ3v) is 2.37. The quantitative estimate of drug-likeness (QED) is 0.695. The second kappa shape index (κ2) is 4.40. The average Bonchev–Trinajstić information content (AvgIpc) is 2.47. The van der Waals surface area contributed by atoms with Crippen LogP contribution in [0.2, 0.25) is 0 Å². The number of aliphatic hydroxyl groups excluding tert-OH is 1. The van der Waals surface area contributed by atoms with Crippen LogP contribution in [0.5, 0.6) is 5.75 Å². The number of rotatable bonds is 1. The van der Waals surface area contributed by atoms with Crippen molar-refractivity contribution in [2.24, 2.45) is 0 Å². The predicted octanol–water partition coefficient (Wildman–Crippen LogP) is 0.986. The molecular formula is C11H13NO4. The van der Waals surface area contributed by atoms with E-state index in [1.54, 1.807) is 18.2 Å². The minimum atomic E-state index is -0.658. The fourth-order valence-electron chi connectivity index (χ4n) is 1.55. The number of aliphatic hydroxyl groups is 1. The van der Waals surface area contributed by atoms with Crippen LogP contribution in [0.25, 0.3) is 0 Å². The van der Waals surface area contributed by atoms with Crippen molar-refractivity contribution >= 4 is 11.7 Å². The van der Waals surface area contributed by atoms with Crippen molar-refractivity contribution in [3.05, 3.63) is 23.8 Å². The van der Waals surface area contributed by atoms with Crippen molar-refractivity contribution in [3.8, 4) is 5.75 Å². The van der Waals surface area contributed by atoms with Gasteiger partial charge in [0.25, 0.3) is 0 Å². The van der Waals surface area contributed by atoms with Gasteiger partial charge < -0.3 is 19.9 Å². The molecule has 5 nitrogen and oxygen atoms in total. The zero-order valence-electron chi connectivity index (χ0n) is 8.90. The van der Waals surface area contributed by atoms with E-state index in [-0.39, 0.29) is 0 Å². The Morgan fingerprint density at radius 1 is 1.62 bits per heavy atom. The van der Waals surface area contributed by atoms with E-state index in [1.807, 2.05) is 0 Å². The third kappa shape index (κ3) is 2.09. The lowest BCUT2D eigenvalue weighted by atomic mass is 10.2. The Morgan fingerprint density at radius 3 is 3.19 bits per heavy atom. The molecule has 0 bridgehead atoms. The molecule has 1 unspecified atom stereocenters. The van der Waals surface area contributed by atoms with Crippen molar-refractivity contribution in [1.29, 1.82) is 0 Å². The van der Waals surface area contributed by atoms with Crippen LogP contribution in [0.15, 0.2) is 18.2 Å². The lowest BCUT2D eigenvalue weighted by molar-refractivity contribution is 0.0600. The van der Waals surface area contributed by atoms with Gasteiger partial charge in [0.1, 0.15) is 12.0 Å². The first-order valence-corrected chi connectivity index (χ1v) is 5.00. The molecule has 1 aliphatic rings. The summed E-state index contributed by atoms with van der Waals surface area (Å²) in [5, 5.41) is 12.4. The van der Waals surface area contributed by atoms with Crippen LogP contribution in [0.1, 0.15) is 16.8 Å². The van der Waals surface area contributed by atoms with Crippen LogP contribution in [0.3, 0.4) is 0 Å². The topological polar surface area (TPSA) is 67.8 Å². The summed E-state index contributed by atoms with van der Waals surface area (Å²) < 4.78 is 10.0. The number of methoxy groups -OCH3 is 1. The SMILES string of the molecule is COC(=O)c1ccc2c(c1)NC(O)CCO2. The van der Waals surface area contributed by atoms with E-state index in [4.69, 9.17) is 4.74 Å². The van der Waals surface area contributed by atoms with Gasteiger partial charge in [0.05, 0.1) is 25.0 Å². The molecule has 5 heteroatoms. The Balaban J connectivity index is 2.33. The molecule has 0 radical (unpaired) electrons. The summed E-state index contributed by atoms with van der Waals surface area (Å²) >= 11 is 0. The van der Waals surface area contributed by atoms with E-state index in [0.717, 1.165) is 0 Å². The van der Waals surface area contributed by atoms with Gasteiger partial charge in [-0.25, -0.2) is 4.79 Å². The smallest absolute Gasteiger partial charge is 0.337 e. The van der Waals surface area contributed by atoms with Gasteiger partial charge in [-0.15, -0.1) is 0 Å². The van der Waals surface area contributed by atoms with E-state index in [9.17, 15) is 9.90 Å². The van der Waals surface area contributed by atoms with Gasteiger partial charge in [-0.1, -0.05) is 0 Å². The molecule has 86 valence electrons. The molecule has 0 saturated heterocycles. The predicted molar refractivity (Wildman–Crippen MR) is 57.5 cm³/mol. The number of benzene rings is 1. The maximum Gasteiger partial charge on any atom is 0.337 e. The molecule has 16 heavy (non-hydrogen) atoms. The molecule has 1 heterocycles. The fourth-order valence-corrected chi connectivity index (χ4v) is 1.55. The van der Waals surface area contributed by atoms with Crippen molar-refractivity contribution < 1.29 is 19.4 Å². The summed E-state index contributed by atoms with van der Waals surface area (Å²) in [6.07, 6.45) is -0.156. The number of carbonyl (C=O) groups excluding carboxylic acids is 1. The highest BCUT2D eigenvalue weighted by molar-refractivity contribution is 5.91. The third-order valence-electron chi connectivity index (χ3n) is 2.37. The normalized spacial score (nSPS) is 18.8. The highest BCUT2D eigenvalue weighted by Gasteiger charge is 2.16. The minimum absolute atomic E-state index is 0.414. The van der Waals surface area contributed by atoms with Crippen LogP contribution in [0.4, 0.5) is 5.69 Å². The lowest BCUT2D eigenvalue weighted by Gasteiger charge is -2.11. The average molecular weight is 223 g/mol. The largest absolute Gasteiger partial charge is 0.491 e. The van der Waals surface area contributed by atoms with Crippen molar-refractivity contribution in [2.75, 3.05) is 19.0 Å². The summed E-state index contributed by atoms with van der Waals surface area (Å²) in [6.45, 7) is 0.443. The maximum absolute atomic E-state index is 11.3. The van der Waals surface area contributed by atoms with Gasteiger partial charge in [0, 0.05) is 6.42 Å². The van der Waals surface area contributed by atoms with E-state index in [1.165, 1.54) is 7.11 Å². The van der Waals surface area contributed by atoms with Gasteiger partial charge in [0.15, 0.2) is 0 Å². The Kier molecular flexibility index (Phi) is 2.96. The molecule has 0 spiro atoms. The molecule has 2 N–H and O–H groups in total. The maximum atomic E-state index is 11.3. The molecule has 0 aliphatic carbocycles. The number of anilines is 1. The molecule has 1 atom stereocenters. The molecule has 0 amide bonds. The first kappa shape index (κ1) is 10.8. The van der Waals surface area contributed by atoms with Crippen molar-refractivity contribution in [1.82, 2.24) is 0 Å². The number of carbonyl (C=O) groups is 1. The molecule has 0 saturated carbocycles. The van der Waals surface area contributed by atoms with Gasteiger partial charge in [0.2, 0.25) is 0 Å². The van der Waals surface area contributed by atoms with E-state index in [2.05, 4.69) is 10.1 Å². The zero-order valence-corrected chi connectivity index (χ0v) is 8.90. The van der Waals surface area contributed by atoms with Gasteiger partial charge >= 0.3 is 5.97 Å². The summed E-state index contributed by atoms with van der Waals surface area (Å²) in [4.78, 5) is 11.3. The number of nitrogens with one attached hydrogen (secondary N) is 1. The Morgan fingerprint density at radius 2 is 2.44 bits per heavy atom.